The summed E-state index contributed by atoms with van der Waals surface area (Å²) in [5.74, 6) is -0.0359. The van der Waals surface area contributed by atoms with Crippen LogP contribution < -0.4 is 0 Å². The van der Waals surface area contributed by atoms with E-state index in [0.29, 0.717) is 5.56 Å². The van der Waals surface area contributed by atoms with E-state index in [1.54, 1.807) is 13.8 Å². The molecule has 15 heavy (non-hydrogen) atoms. The molecule has 80 valence electrons. The van der Waals surface area contributed by atoms with E-state index in [-0.39, 0.29) is 17.3 Å². The average Bonchev–Trinajstić information content (AvgIpc) is 2.16. The minimum atomic E-state index is -0.642. The Morgan fingerprint density at radius 1 is 1.13 bits per heavy atom. The van der Waals surface area contributed by atoms with Crippen molar-refractivity contribution in [3.63, 3.8) is 0 Å². The molecule has 0 aromatic heterocycles. The quantitative estimate of drug-likeness (QED) is 0.566. The van der Waals surface area contributed by atoms with E-state index >= 15 is 0 Å². The minimum absolute atomic E-state index is 0.0359. The Hall–Kier alpha value is -1.98. The molecular weight excluding hydrogens is 200 g/mol. The Labute approximate surface area is 85.8 Å². The molecule has 1 aromatic carbocycles. The number of nitrogens with zero attached hydrogens (tertiary/aromatic N) is 2. The molecule has 0 atom stereocenters. The van der Waals surface area contributed by atoms with Crippen LogP contribution in [0.5, 0.6) is 0 Å². The van der Waals surface area contributed by atoms with Crippen molar-refractivity contribution in [1.29, 1.82) is 0 Å². The molecule has 0 saturated carbocycles. The highest BCUT2D eigenvalue weighted by Gasteiger charge is 2.20. The Kier molecular flexibility index (Phi) is 2.99. The van der Waals surface area contributed by atoms with Crippen molar-refractivity contribution in [2.75, 3.05) is 0 Å². The molecule has 0 fully saturated rings. The topological polar surface area (TPSA) is 86.3 Å². The Bertz CT molecular complexity index is 415. The second-order valence-electron chi connectivity index (χ2n) is 3.41. The number of hydrogen-bond acceptors (Lipinski definition) is 4. The first-order valence-electron chi connectivity index (χ1n) is 4.36. The van der Waals surface area contributed by atoms with Crippen LogP contribution in [0.25, 0.3) is 0 Å². The van der Waals surface area contributed by atoms with E-state index in [1.807, 2.05) is 0 Å². The summed E-state index contributed by atoms with van der Waals surface area (Å²) in [5, 5.41) is 21.1. The summed E-state index contributed by atoms with van der Waals surface area (Å²) < 4.78 is 0. The fourth-order valence-electron chi connectivity index (χ4n) is 1.29. The molecule has 0 aliphatic rings. The molecule has 1 aromatic rings. The number of non-ortho nitro benzene ring substituents is 1. The summed E-state index contributed by atoms with van der Waals surface area (Å²) in [6.07, 6.45) is 0. The lowest BCUT2D eigenvalue weighted by molar-refractivity contribution is -0.394. The van der Waals surface area contributed by atoms with Crippen molar-refractivity contribution >= 4 is 11.4 Å². The van der Waals surface area contributed by atoms with E-state index in [2.05, 4.69) is 0 Å². The molecule has 0 aliphatic carbocycles. The van der Waals surface area contributed by atoms with E-state index in [1.165, 1.54) is 12.1 Å². The summed E-state index contributed by atoms with van der Waals surface area (Å²) in [5.41, 5.74) is 0.0518. The predicted octanol–water partition coefficient (Wildman–Crippen LogP) is 2.63. The Balaban J connectivity index is 3.33. The van der Waals surface area contributed by atoms with Gasteiger partial charge in [0.1, 0.15) is 0 Å². The third kappa shape index (κ3) is 2.28. The minimum Gasteiger partial charge on any atom is -0.258 e. The summed E-state index contributed by atoms with van der Waals surface area (Å²) in [4.78, 5) is 19.9. The summed E-state index contributed by atoms with van der Waals surface area (Å²) in [6.45, 7) is 3.60. The zero-order valence-electron chi connectivity index (χ0n) is 8.34. The summed E-state index contributed by atoms with van der Waals surface area (Å²) >= 11 is 0. The number of rotatable bonds is 3. The molecule has 1 rings (SSSR count). The number of hydrogen-bond donors (Lipinski definition) is 0. The largest absolute Gasteiger partial charge is 0.279 e. The van der Waals surface area contributed by atoms with Gasteiger partial charge in [0.2, 0.25) is 0 Å². The first-order chi connectivity index (χ1) is 6.93. The van der Waals surface area contributed by atoms with Gasteiger partial charge in [-0.3, -0.25) is 20.2 Å². The molecule has 0 radical (unpaired) electrons. The van der Waals surface area contributed by atoms with Crippen LogP contribution in [-0.2, 0) is 0 Å². The second kappa shape index (κ2) is 4.04. The van der Waals surface area contributed by atoms with Crippen molar-refractivity contribution in [2.45, 2.75) is 19.8 Å². The fraction of sp³-hybridized carbons (Fsp3) is 0.333. The third-order valence-corrected chi connectivity index (χ3v) is 2.04. The maximum Gasteiger partial charge on any atom is 0.279 e. The van der Waals surface area contributed by atoms with Gasteiger partial charge in [-0.1, -0.05) is 13.8 Å². The zero-order chi connectivity index (χ0) is 11.6. The van der Waals surface area contributed by atoms with E-state index < -0.39 is 9.85 Å². The molecule has 0 unspecified atom stereocenters. The van der Waals surface area contributed by atoms with Gasteiger partial charge in [-0.25, -0.2) is 0 Å². The van der Waals surface area contributed by atoms with Gasteiger partial charge in [0, 0.05) is 11.6 Å². The first kappa shape index (κ1) is 11.1. The van der Waals surface area contributed by atoms with Crippen molar-refractivity contribution in [1.82, 2.24) is 0 Å². The lowest BCUT2D eigenvalue weighted by Gasteiger charge is -2.05. The van der Waals surface area contributed by atoms with E-state index in [4.69, 9.17) is 0 Å². The highest BCUT2D eigenvalue weighted by Crippen LogP contribution is 2.29. The fourth-order valence-corrected chi connectivity index (χ4v) is 1.29. The van der Waals surface area contributed by atoms with Crippen LogP contribution >= 0.6 is 0 Å². The van der Waals surface area contributed by atoms with Crippen molar-refractivity contribution < 1.29 is 9.85 Å². The molecule has 0 aliphatic heterocycles. The van der Waals surface area contributed by atoms with Crippen LogP contribution in [-0.4, -0.2) is 9.85 Å². The van der Waals surface area contributed by atoms with Gasteiger partial charge < -0.3 is 0 Å². The number of nitro benzene ring substituents is 2. The number of nitro groups is 2. The van der Waals surface area contributed by atoms with Crippen LogP contribution in [0.4, 0.5) is 11.4 Å². The highest BCUT2D eigenvalue weighted by atomic mass is 16.6. The standard InChI is InChI=1S/C9H10N2O4/c1-6(2)8-4-3-7(10(12)13)5-9(8)11(14)15/h3-6H,1-2H3. The van der Waals surface area contributed by atoms with Crippen LogP contribution in [0.1, 0.15) is 25.3 Å². The second-order valence-corrected chi connectivity index (χ2v) is 3.41. The lowest BCUT2D eigenvalue weighted by atomic mass is 10.0. The van der Waals surface area contributed by atoms with Crippen LogP contribution in [0.3, 0.4) is 0 Å². The smallest absolute Gasteiger partial charge is 0.258 e. The average molecular weight is 210 g/mol. The van der Waals surface area contributed by atoms with Crippen molar-refractivity contribution in [2.24, 2.45) is 0 Å². The van der Waals surface area contributed by atoms with Gasteiger partial charge in [-0.2, -0.15) is 0 Å². The third-order valence-electron chi connectivity index (χ3n) is 2.04. The molecule has 6 nitrogen and oxygen atoms in total. The maximum absolute atomic E-state index is 10.7. The zero-order valence-corrected chi connectivity index (χ0v) is 8.34. The molecule has 0 bridgehead atoms. The summed E-state index contributed by atoms with van der Waals surface area (Å²) in [7, 11) is 0. The molecule has 0 N–H and O–H groups in total. The molecule has 0 amide bonds. The van der Waals surface area contributed by atoms with E-state index in [0.717, 1.165) is 6.07 Å². The van der Waals surface area contributed by atoms with Crippen LogP contribution in [0.2, 0.25) is 0 Å². The van der Waals surface area contributed by atoms with Crippen LogP contribution in [0, 0.1) is 20.2 Å². The SMILES string of the molecule is CC(C)c1ccc([N+](=O)[O-])cc1[N+](=O)[O-]. The van der Waals surface area contributed by atoms with Gasteiger partial charge in [-0.15, -0.1) is 0 Å². The molecule has 0 spiro atoms. The molecule has 0 saturated heterocycles. The van der Waals surface area contributed by atoms with Gasteiger partial charge in [0.15, 0.2) is 0 Å². The molecular formula is C9H10N2O4. The highest BCUT2D eigenvalue weighted by molar-refractivity contribution is 5.50. The maximum atomic E-state index is 10.7. The van der Waals surface area contributed by atoms with Gasteiger partial charge in [0.05, 0.1) is 15.9 Å². The Morgan fingerprint density at radius 3 is 2.13 bits per heavy atom. The predicted molar refractivity (Wildman–Crippen MR) is 53.8 cm³/mol. The van der Waals surface area contributed by atoms with Gasteiger partial charge >= 0.3 is 0 Å². The molecule has 0 heterocycles. The monoisotopic (exact) mass is 210 g/mol. The van der Waals surface area contributed by atoms with E-state index in [9.17, 15) is 20.2 Å². The van der Waals surface area contributed by atoms with Crippen molar-refractivity contribution in [3.05, 3.63) is 44.0 Å². The van der Waals surface area contributed by atoms with Gasteiger partial charge in [-0.05, 0) is 12.0 Å². The van der Waals surface area contributed by atoms with Crippen molar-refractivity contribution in [3.8, 4) is 0 Å². The molecule has 6 heteroatoms. The van der Waals surface area contributed by atoms with Crippen LogP contribution in [0.15, 0.2) is 18.2 Å². The van der Waals surface area contributed by atoms with Gasteiger partial charge in [0.25, 0.3) is 11.4 Å². The Morgan fingerprint density at radius 2 is 1.73 bits per heavy atom. The first-order valence-corrected chi connectivity index (χ1v) is 4.36. The summed E-state index contributed by atoms with van der Waals surface area (Å²) in [6, 6.07) is 3.71. The lowest BCUT2D eigenvalue weighted by Crippen LogP contribution is -1.99. The number of benzene rings is 1. The normalized spacial score (nSPS) is 10.3.